The molecule has 0 bridgehead atoms. The minimum Gasteiger partial charge on any atom is -0.166 e. The lowest BCUT2D eigenvalue weighted by molar-refractivity contribution is -0.170. The Kier molecular flexibility index (Phi) is 3.54. The first kappa shape index (κ1) is 13.6. The van der Waals surface area contributed by atoms with Crippen LogP contribution in [0.1, 0.15) is 11.1 Å². The molecule has 0 amide bonds. The van der Waals surface area contributed by atoms with Gasteiger partial charge in [-0.15, -0.1) is 0 Å². The van der Waals surface area contributed by atoms with Gasteiger partial charge in [0, 0.05) is 0 Å². The van der Waals surface area contributed by atoms with Crippen molar-refractivity contribution in [2.75, 3.05) is 0 Å². The summed E-state index contributed by atoms with van der Waals surface area (Å²) in [7, 11) is 0. The summed E-state index contributed by atoms with van der Waals surface area (Å²) in [4.78, 5) is 0. The first-order valence-electron chi connectivity index (χ1n) is 4.53. The molecule has 17 heavy (non-hydrogen) atoms. The molecule has 0 aliphatic rings. The molecule has 1 aromatic rings. The summed E-state index contributed by atoms with van der Waals surface area (Å²) >= 11 is 0. The Labute approximate surface area is 93.6 Å². The molecule has 6 heteroatoms. The third-order valence-corrected chi connectivity index (χ3v) is 2.00. The van der Waals surface area contributed by atoms with Crippen molar-refractivity contribution < 1.29 is 26.3 Å². The minimum absolute atomic E-state index is 0.0967. The number of benzene rings is 1. The highest BCUT2D eigenvalue weighted by atomic mass is 19.4. The van der Waals surface area contributed by atoms with Crippen LogP contribution in [0.3, 0.4) is 0 Å². The van der Waals surface area contributed by atoms with Crippen LogP contribution < -0.4 is 0 Å². The van der Waals surface area contributed by atoms with Crippen LogP contribution in [0.5, 0.6) is 0 Å². The van der Waals surface area contributed by atoms with E-state index >= 15 is 0 Å². The number of alkyl halides is 6. The number of aryl methyl sites for hydroxylation is 1. The molecular formula is C11H8F6. The van der Waals surface area contributed by atoms with Crippen LogP contribution in [0.2, 0.25) is 0 Å². The van der Waals surface area contributed by atoms with Crippen molar-refractivity contribution in [1.82, 2.24) is 0 Å². The second kappa shape index (κ2) is 4.43. The van der Waals surface area contributed by atoms with Gasteiger partial charge in [-0.2, -0.15) is 26.3 Å². The van der Waals surface area contributed by atoms with Crippen LogP contribution in [0, 0.1) is 6.92 Å². The van der Waals surface area contributed by atoms with Crippen molar-refractivity contribution in [2.45, 2.75) is 19.3 Å². The molecule has 94 valence electrons. The summed E-state index contributed by atoms with van der Waals surface area (Å²) < 4.78 is 73.2. The Morgan fingerprint density at radius 2 is 1.29 bits per heavy atom. The molecule has 0 fully saturated rings. The molecule has 0 atom stereocenters. The Balaban J connectivity index is 3.20. The zero-order valence-electron chi connectivity index (χ0n) is 8.65. The second-order valence-corrected chi connectivity index (χ2v) is 3.46. The molecule has 0 spiro atoms. The van der Waals surface area contributed by atoms with Gasteiger partial charge in [-0.25, -0.2) is 0 Å². The van der Waals surface area contributed by atoms with E-state index in [4.69, 9.17) is 0 Å². The summed E-state index contributed by atoms with van der Waals surface area (Å²) in [6.45, 7) is 1.68. The van der Waals surface area contributed by atoms with Gasteiger partial charge in [0.15, 0.2) is 0 Å². The molecule has 0 saturated heterocycles. The molecule has 0 unspecified atom stereocenters. The standard InChI is InChI=1S/C11H8F6/c1-7-2-4-8(5-3-7)6-9(10(12,13)14)11(15,16)17/h2-6H,1H3. The van der Waals surface area contributed by atoms with Crippen LogP contribution in [0.4, 0.5) is 26.3 Å². The molecule has 0 heterocycles. The highest BCUT2D eigenvalue weighted by molar-refractivity contribution is 5.55. The van der Waals surface area contributed by atoms with Crippen LogP contribution in [0.15, 0.2) is 29.8 Å². The molecule has 0 saturated carbocycles. The van der Waals surface area contributed by atoms with Gasteiger partial charge >= 0.3 is 12.4 Å². The van der Waals surface area contributed by atoms with Crippen molar-refractivity contribution >= 4 is 6.08 Å². The predicted octanol–water partition coefficient (Wildman–Crippen LogP) is 4.50. The van der Waals surface area contributed by atoms with E-state index in [2.05, 4.69) is 0 Å². The summed E-state index contributed by atoms with van der Waals surface area (Å²) in [6, 6.07) is 5.28. The number of halogens is 6. The number of rotatable bonds is 1. The van der Waals surface area contributed by atoms with E-state index in [1.807, 2.05) is 0 Å². The Bertz CT molecular complexity index is 391. The van der Waals surface area contributed by atoms with Crippen molar-refractivity contribution in [2.24, 2.45) is 0 Å². The molecule has 0 nitrogen and oxygen atoms in total. The lowest BCUT2D eigenvalue weighted by Crippen LogP contribution is -2.25. The van der Waals surface area contributed by atoms with Crippen molar-refractivity contribution in [3.63, 3.8) is 0 Å². The number of hydrogen-bond donors (Lipinski definition) is 0. The lowest BCUT2D eigenvalue weighted by Gasteiger charge is -2.14. The van der Waals surface area contributed by atoms with E-state index in [1.165, 1.54) is 24.3 Å². The molecular weight excluding hydrogens is 246 g/mol. The summed E-state index contributed by atoms with van der Waals surface area (Å²) in [5.74, 6) is 0. The van der Waals surface area contributed by atoms with Gasteiger partial charge in [0.1, 0.15) is 5.57 Å². The van der Waals surface area contributed by atoms with Crippen molar-refractivity contribution in [3.8, 4) is 0 Å². The van der Waals surface area contributed by atoms with Gasteiger partial charge in [-0.3, -0.25) is 0 Å². The van der Waals surface area contributed by atoms with Gasteiger partial charge < -0.3 is 0 Å². The largest absolute Gasteiger partial charge is 0.421 e. The fourth-order valence-corrected chi connectivity index (χ4v) is 1.15. The van der Waals surface area contributed by atoms with Gasteiger partial charge in [-0.1, -0.05) is 29.8 Å². The number of hydrogen-bond acceptors (Lipinski definition) is 0. The maximum atomic E-state index is 12.2. The fourth-order valence-electron chi connectivity index (χ4n) is 1.15. The molecule has 1 aromatic carbocycles. The van der Waals surface area contributed by atoms with E-state index in [-0.39, 0.29) is 11.6 Å². The van der Waals surface area contributed by atoms with E-state index < -0.39 is 17.9 Å². The molecule has 0 aromatic heterocycles. The third-order valence-electron chi connectivity index (χ3n) is 2.00. The average Bonchev–Trinajstić information content (AvgIpc) is 2.13. The monoisotopic (exact) mass is 254 g/mol. The summed E-state index contributed by atoms with van der Waals surface area (Å²) in [5, 5.41) is 0. The maximum absolute atomic E-state index is 12.2. The molecule has 1 rings (SSSR count). The number of allylic oxidation sites excluding steroid dienone is 1. The second-order valence-electron chi connectivity index (χ2n) is 3.46. The topological polar surface area (TPSA) is 0 Å². The van der Waals surface area contributed by atoms with Crippen molar-refractivity contribution in [1.29, 1.82) is 0 Å². The molecule has 0 aliphatic heterocycles. The van der Waals surface area contributed by atoms with E-state index in [0.29, 0.717) is 0 Å². The highest BCUT2D eigenvalue weighted by Crippen LogP contribution is 2.39. The summed E-state index contributed by atoms with van der Waals surface area (Å²) in [6.07, 6.45) is -10.7. The summed E-state index contributed by atoms with van der Waals surface area (Å²) in [5.41, 5.74) is -1.89. The smallest absolute Gasteiger partial charge is 0.166 e. The zero-order valence-corrected chi connectivity index (χ0v) is 8.65. The first-order chi connectivity index (χ1) is 7.60. The molecule has 0 radical (unpaired) electrons. The molecule has 0 aliphatic carbocycles. The van der Waals surface area contributed by atoms with E-state index in [9.17, 15) is 26.3 Å². The predicted molar refractivity (Wildman–Crippen MR) is 51.3 cm³/mol. The highest BCUT2D eigenvalue weighted by Gasteiger charge is 2.50. The van der Waals surface area contributed by atoms with Crippen LogP contribution in [-0.4, -0.2) is 12.4 Å². The zero-order chi connectivity index (χ0) is 13.3. The quantitative estimate of drug-likeness (QED) is 0.647. The Hall–Kier alpha value is -1.46. The Morgan fingerprint density at radius 3 is 1.65 bits per heavy atom. The normalized spacial score (nSPS) is 12.4. The van der Waals surface area contributed by atoms with Crippen LogP contribution in [-0.2, 0) is 0 Å². The third kappa shape index (κ3) is 3.80. The SMILES string of the molecule is Cc1ccc(C=C(C(F)(F)F)C(F)(F)F)cc1. The van der Waals surface area contributed by atoms with Crippen molar-refractivity contribution in [3.05, 3.63) is 41.0 Å². The first-order valence-corrected chi connectivity index (χ1v) is 4.53. The maximum Gasteiger partial charge on any atom is 0.421 e. The average molecular weight is 254 g/mol. The molecule has 0 N–H and O–H groups in total. The minimum atomic E-state index is -5.41. The van der Waals surface area contributed by atoms with Gasteiger partial charge in [-0.05, 0) is 18.6 Å². The lowest BCUT2D eigenvalue weighted by atomic mass is 10.1. The van der Waals surface area contributed by atoms with Gasteiger partial charge in [0.25, 0.3) is 0 Å². The van der Waals surface area contributed by atoms with Gasteiger partial charge in [0.2, 0.25) is 0 Å². The fraction of sp³-hybridized carbons (Fsp3) is 0.273. The van der Waals surface area contributed by atoms with Crippen LogP contribution >= 0.6 is 0 Å². The van der Waals surface area contributed by atoms with Gasteiger partial charge in [0.05, 0.1) is 0 Å². The Morgan fingerprint density at radius 1 is 0.882 bits per heavy atom. The van der Waals surface area contributed by atoms with Crippen LogP contribution in [0.25, 0.3) is 6.08 Å². The van der Waals surface area contributed by atoms with E-state index in [1.54, 1.807) is 6.92 Å². The van der Waals surface area contributed by atoms with E-state index in [0.717, 1.165) is 5.56 Å².